The van der Waals surface area contributed by atoms with Gasteiger partial charge >= 0.3 is 0 Å². The maximum absolute atomic E-state index is 12.6. The fourth-order valence-corrected chi connectivity index (χ4v) is 1.26. The third-order valence-corrected chi connectivity index (χ3v) is 1.89. The number of rotatable bonds is 2. The van der Waals surface area contributed by atoms with Gasteiger partial charge in [0, 0.05) is 18.7 Å². The number of aromatic nitrogens is 1. The predicted molar refractivity (Wildman–Crippen MR) is 44.0 cm³/mol. The SMILES string of the molecule is Fc1cc(OC2CCOC2)ccn1. The van der Waals surface area contributed by atoms with Crippen LogP contribution in [0, 0.1) is 5.95 Å². The molecule has 4 heteroatoms. The summed E-state index contributed by atoms with van der Waals surface area (Å²) in [4.78, 5) is 3.44. The molecule has 0 spiro atoms. The van der Waals surface area contributed by atoms with Crippen molar-refractivity contribution in [1.82, 2.24) is 4.98 Å². The average Bonchev–Trinajstić information content (AvgIpc) is 2.57. The standard InChI is InChI=1S/C9H10FNO2/c10-9-5-7(1-3-11-9)13-8-2-4-12-6-8/h1,3,5,8H,2,4,6H2. The lowest BCUT2D eigenvalue weighted by Crippen LogP contribution is -2.15. The van der Waals surface area contributed by atoms with Gasteiger partial charge in [-0.1, -0.05) is 0 Å². The predicted octanol–water partition coefficient (Wildman–Crippen LogP) is 1.39. The third kappa shape index (κ3) is 2.15. The summed E-state index contributed by atoms with van der Waals surface area (Å²) in [5, 5.41) is 0. The first-order chi connectivity index (χ1) is 6.34. The number of nitrogens with zero attached hydrogens (tertiary/aromatic N) is 1. The van der Waals surface area contributed by atoms with E-state index in [4.69, 9.17) is 9.47 Å². The molecule has 1 atom stereocenters. The lowest BCUT2D eigenvalue weighted by Gasteiger charge is -2.10. The van der Waals surface area contributed by atoms with E-state index in [0.717, 1.165) is 13.0 Å². The molecule has 13 heavy (non-hydrogen) atoms. The molecule has 0 saturated carbocycles. The van der Waals surface area contributed by atoms with Gasteiger partial charge in [0.1, 0.15) is 11.9 Å². The minimum absolute atomic E-state index is 0.0572. The lowest BCUT2D eigenvalue weighted by molar-refractivity contribution is 0.141. The normalized spacial score (nSPS) is 21.8. The molecule has 1 unspecified atom stereocenters. The van der Waals surface area contributed by atoms with Crippen LogP contribution in [0.1, 0.15) is 6.42 Å². The number of hydrogen-bond donors (Lipinski definition) is 0. The lowest BCUT2D eigenvalue weighted by atomic mass is 10.3. The number of pyridine rings is 1. The van der Waals surface area contributed by atoms with Crippen LogP contribution in [0.3, 0.4) is 0 Å². The molecule has 1 saturated heterocycles. The van der Waals surface area contributed by atoms with E-state index in [2.05, 4.69) is 4.98 Å². The zero-order valence-corrected chi connectivity index (χ0v) is 7.07. The second kappa shape index (κ2) is 3.70. The molecule has 1 aromatic rings. The molecule has 1 aromatic heterocycles. The summed E-state index contributed by atoms with van der Waals surface area (Å²) in [6.07, 6.45) is 2.31. The summed E-state index contributed by atoms with van der Waals surface area (Å²) in [7, 11) is 0. The Kier molecular flexibility index (Phi) is 2.40. The van der Waals surface area contributed by atoms with Crippen LogP contribution in [-0.2, 0) is 4.74 Å². The van der Waals surface area contributed by atoms with Gasteiger partial charge in [-0.05, 0) is 6.07 Å². The van der Waals surface area contributed by atoms with Crippen molar-refractivity contribution in [3.63, 3.8) is 0 Å². The van der Waals surface area contributed by atoms with Crippen LogP contribution in [0.2, 0.25) is 0 Å². The maximum Gasteiger partial charge on any atom is 0.216 e. The molecule has 1 fully saturated rings. The van der Waals surface area contributed by atoms with Gasteiger partial charge in [-0.15, -0.1) is 0 Å². The molecule has 70 valence electrons. The first-order valence-corrected chi connectivity index (χ1v) is 4.20. The average molecular weight is 183 g/mol. The maximum atomic E-state index is 12.6. The van der Waals surface area contributed by atoms with Crippen molar-refractivity contribution in [3.05, 3.63) is 24.3 Å². The first kappa shape index (κ1) is 8.44. The van der Waals surface area contributed by atoms with Gasteiger partial charge in [0.2, 0.25) is 5.95 Å². The largest absolute Gasteiger partial charge is 0.488 e. The van der Waals surface area contributed by atoms with Gasteiger partial charge in [-0.2, -0.15) is 4.39 Å². The van der Waals surface area contributed by atoms with Gasteiger partial charge < -0.3 is 9.47 Å². The molecule has 0 amide bonds. The Labute approximate surface area is 75.5 Å². The molecule has 0 N–H and O–H groups in total. The second-order valence-corrected chi connectivity index (χ2v) is 2.92. The number of halogens is 1. The molecule has 2 heterocycles. The van der Waals surface area contributed by atoms with Gasteiger partial charge in [-0.3, -0.25) is 0 Å². The fourth-order valence-electron chi connectivity index (χ4n) is 1.26. The minimum Gasteiger partial charge on any atom is -0.488 e. The zero-order chi connectivity index (χ0) is 9.10. The van der Waals surface area contributed by atoms with Gasteiger partial charge in [-0.25, -0.2) is 4.98 Å². The van der Waals surface area contributed by atoms with Crippen molar-refractivity contribution in [2.24, 2.45) is 0 Å². The van der Waals surface area contributed by atoms with E-state index in [1.165, 1.54) is 12.3 Å². The highest BCUT2D eigenvalue weighted by Gasteiger charge is 2.17. The van der Waals surface area contributed by atoms with E-state index in [-0.39, 0.29) is 6.10 Å². The van der Waals surface area contributed by atoms with Gasteiger partial charge in [0.15, 0.2) is 0 Å². The Morgan fingerprint density at radius 3 is 3.23 bits per heavy atom. The highest BCUT2D eigenvalue weighted by Crippen LogP contribution is 2.16. The molecule has 1 aliphatic rings. The summed E-state index contributed by atoms with van der Waals surface area (Å²) in [6.45, 7) is 1.31. The van der Waals surface area contributed by atoms with Crippen LogP contribution < -0.4 is 4.74 Å². The molecule has 2 rings (SSSR count). The summed E-state index contributed by atoms with van der Waals surface area (Å²) >= 11 is 0. The summed E-state index contributed by atoms with van der Waals surface area (Å²) in [6, 6.07) is 2.92. The van der Waals surface area contributed by atoms with Crippen molar-refractivity contribution in [2.45, 2.75) is 12.5 Å². The van der Waals surface area contributed by atoms with E-state index in [0.29, 0.717) is 12.4 Å². The molecule has 0 aromatic carbocycles. The van der Waals surface area contributed by atoms with Crippen molar-refractivity contribution in [1.29, 1.82) is 0 Å². The fraction of sp³-hybridized carbons (Fsp3) is 0.444. The van der Waals surface area contributed by atoms with Crippen LogP contribution in [0.25, 0.3) is 0 Å². The van der Waals surface area contributed by atoms with E-state index < -0.39 is 5.95 Å². The van der Waals surface area contributed by atoms with E-state index in [9.17, 15) is 4.39 Å². The van der Waals surface area contributed by atoms with Gasteiger partial charge in [0.05, 0.1) is 13.2 Å². The minimum atomic E-state index is -0.517. The molecule has 1 aliphatic heterocycles. The summed E-state index contributed by atoms with van der Waals surface area (Å²) < 4.78 is 23.2. The van der Waals surface area contributed by atoms with Crippen LogP contribution in [-0.4, -0.2) is 24.3 Å². The first-order valence-electron chi connectivity index (χ1n) is 4.20. The molecule has 3 nitrogen and oxygen atoms in total. The Hall–Kier alpha value is -1.16. The third-order valence-electron chi connectivity index (χ3n) is 1.89. The molecular formula is C9H10FNO2. The van der Waals surface area contributed by atoms with E-state index in [1.54, 1.807) is 6.07 Å². The van der Waals surface area contributed by atoms with E-state index in [1.807, 2.05) is 0 Å². The zero-order valence-electron chi connectivity index (χ0n) is 7.07. The Morgan fingerprint density at radius 2 is 2.54 bits per heavy atom. The van der Waals surface area contributed by atoms with Crippen LogP contribution in [0.5, 0.6) is 5.75 Å². The van der Waals surface area contributed by atoms with Crippen LogP contribution in [0.4, 0.5) is 4.39 Å². The van der Waals surface area contributed by atoms with Crippen molar-refractivity contribution < 1.29 is 13.9 Å². The molecule has 0 radical (unpaired) electrons. The molecular weight excluding hydrogens is 173 g/mol. The molecule has 0 aliphatic carbocycles. The van der Waals surface area contributed by atoms with E-state index >= 15 is 0 Å². The topological polar surface area (TPSA) is 31.4 Å². The van der Waals surface area contributed by atoms with Crippen LogP contribution in [0.15, 0.2) is 18.3 Å². The quantitative estimate of drug-likeness (QED) is 0.649. The second-order valence-electron chi connectivity index (χ2n) is 2.92. The Balaban J connectivity index is 2.00. The van der Waals surface area contributed by atoms with Crippen molar-refractivity contribution in [2.75, 3.05) is 13.2 Å². The van der Waals surface area contributed by atoms with Crippen molar-refractivity contribution >= 4 is 0 Å². The smallest absolute Gasteiger partial charge is 0.216 e. The monoisotopic (exact) mass is 183 g/mol. The van der Waals surface area contributed by atoms with Crippen LogP contribution >= 0.6 is 0 Å². The summed E-state index contributed by atoms with van der Waals surface area (Å²) in [5.41, 5.74) is 0. The highest BCUT2D eigenvalue weighted by molar-refractivity contribution is 5.18. The highest BCUT2D eigenvalue weighted by atomic mass is 19.1. The summed E-state index contributed by atoms with van der Waals surface area (Å²) in [5.74, 6) is -0.000541. The number of ether oxygens (including phenoxy) is 2. The Bertz CT molecular complexity index is 287. The number of hydrogen-bond acceptors (Lipinski definition) is 3. The molecule has 0 bridgehead atoms. The van der Waals surface area contributed by atoms with Crippen molar-refractivity contribution in [3.8, 4) is 5.75 Å². The van der Waals surface area contributed by atoms with Gasteiger partial charge in [0.25, 0.3) is 0 Å². The Morgan fingerprint density at radius 1 is 1.62 bits per heavy atom.